The third kappa shape index (κ3) is 4.61. The van der Waals surface area contributed by atoms with Crippen LogP contribution in [0.1, 0.15) is 18.3 Å². The maximum Gasteiger partial charge on any atom is 0.271 e. The Labute approximate surface area is 163 Å². The second kappa shape index (κ2) is 8.30. The molecule has 9 heteroatoms. The number of nitro benzene ring substituents is 1. The summed E-state index contributed by atoms with van der Waals surface area (Å²) < 4.78 is 0. The van der Waals surface area contributed by atoms with Crippen molar-refractivity contribution in [1.82, 2.24) is 14.9 Å². The molecule has 1 aromatic carbocycles. The van der Waals surface area contributed by atoms with Gasteiger partial charge in [-0.2, -0.15) is 0 Å². The highest BCUT2D eigenvalue weighted by atomic mass is 16.6. The second-order valence-corrected chi connectivity index (χ2v) is 6.95. The third-order valence-corrected chi connectivity index (χ3v) is 4.82. The highest BCUT2D eigenvalue weighted by Crippen LogP contribution is 2.19. The molecule has 1 N–H and O–H groups in total. The Balaban J connectivity index is 1.58. The van der Waals surface area contributed by atoms with Crippen LogP contribution in [0, 0.1) is 24.0 Å². The van der Waals surface area contributed by atoms with Crippen LogP contribution < -0.4 is 10.2 Å². The lowest BCUT2D eigenvalue weighted by atomic mass is 10.2. The van der Waals surface area contributed by atoms with Gasteiger partial charge in [-0.05, 0) is 32.9 Å². The molecule has 1 aromatic heterocycles. The summed E-state index contributed by atoms with van der Waals surface area (Å²) >= 11 is 0. The predicted octanol–water partition coefficient (Wildman–Crippen LogP) is 2.15. The van der Waals surface area contributed by atoms with E-state index in [9.17, 15) is 14.9 Å². The van der Waals surface area contributed by atoms with Crippen molar-refractivity contribution < 1.29 is 9.72 Å². The summed E-state index contributed by atoms with van der Waals surface area (Å²) in [5.74, 6) is 0.544. The molecular weight excluding hydrogens is 360 g/mol. The van der Waals surface area contributed by atoms with Crippen LogP contribution >= 0.6 is 0 Å². The van der Waals surface area contributed by atoms with Gasteiger partial charge in [-0.3, -0.25) is 19.8 Å². The number of amides is 1. The lowest BCUT2D eigenvalue weighted by Crippen LogP contribution is -2.53. The number of anilines is 2. The number of nitrogens with zero attached hydrogens (tertiary/aromatic N) is 5. The summed E-state index contributed by atoms with van der Waals surface area (Å²) in [5, 5.41) is 13.6. The van der Waals surface area contributed by atoms with E-state index in [0.29, 0.717) is 18.8 Å². The topological polar surface area (TPSA) is 105 Å². The zero-order valence-corrected chi connectivity index (χ0v) is 16.3. The number of non-ortho nitro benzene ring substituents is 1. The van der Waals surface area contributed by atoms with Gasteiger partial charge in [0.2, 0.25) is 11.9 Å². The van der Waals surface area contributed by atoms with E-state index in [1.165, 1.54) is 12.1 Å². The van der Waals surface area contributed by atoms with Gasteiger partial charge in [0.25, 0.3) is 5.69 Å². The fraction of sp³-hybridized carbons (Fsp3) is 0.421. The third-order valence-electron chi connectivity index (χ3n) is 4.82. The number of benzene rings is 1. The molecule has 2 heterocycles. The van der Waals surface area contributed by atoms with Crippen molar-refractivity contribution in [3.05, 3.63) is 51.8 Å². The van der Waals surface area contributed by atoms with Gasteiger partial charge in [-0.25, -0.2) is 9.97 Å². The van der Waals surface area contributed by atoms with Gasteiger partial charge in [-0.15, -0.1) is 0 Å². The van der Waals surface area contributed by atoms with Gasteiger partial charge >= 0.3 is 0 Å². The largest absolute Gasteiger partial charge is 0.338 e. The average molecular weight is 384 g/mol. The number of piperazine rings is 1. The lowest BCUT2D eigenvalue weighted by molar-refractivity contribution is -0.384. The van der Waals surface area contributed by atoms with Crippen molar-refractivity contribution >= 4 is 23.2 Å². The van der Waals surface area contributed by atoms with Gasteiger partial charge in [-0.1, -0.05) is 6.07 Å². The Bertz CT molecular complexity index is 859. The van der Waals surface area contributed by atoms with E-state index < -0.39 is 4.92 Å². The van der Waals surface area contributed by atoms with Gasteiger partial charge in [0.1, 0.15) is 0 Å². The van der Waals surface area contributed by atoms with E-state index in [1.54, 1.807) is 12.1 Å². The number of hydrogen-bond acceptors (Lipinski definition) is 7. The van der Waals surface area contributed by atoms with Crippen molar-refractivity contribution in [2.75, 3.05) is 36.4 Å². The fourth-order valence-electron chi connectivity index (χ4n) is 3.27. The molecule has 9 nitrogen and oxygen atoms in total. The molecule has 148 valence electrons. The first-order chi connectivity index (χ1) is 13.3. The molecule has 1 fully saturated rings. The first-order valence-electron chi connectivity index (χ1n) is 9.20. The van der Waals surface area contributed by atoms with Crippen molar-refractivity contribution in [3.63, 3.8) is 0 Å². The van der Waals surface area contributed by atoms with Crippen molar-refractivity contribution in [1.29, 1.82) is 0 Å². The quantitative estimate of drug-likeness (QED) is 0.622. The number of nitro groups is 1. The van der Waals surface area contributed by atoms with Crippen LogP contribution in [0.2, 0.25) is 0 Å². The standard InChI is InChI=1S/C19H24N6O3/c1-13-11-14(2)21-19(20-13)24-9-7-23(8-10-24)15(3)18(26)22-16-5-4-6-17(12-16)25(27)28/h4-6,11-12,15H,7-10H2,1-3H3,(H,22,26)/t15-/m0/s1. The first kappa shape index (κ1) is 19.7. The Morgan fingerprint density at radius 1 is 1.14 bits per heavy atom. The minimum atomic E-state index is -0.479. The van der Waals surface area contributed by atoms with Crippen LogP contribution in [0.3, 0.4) is 0 Å². The van der Waals surface area contributed by atoms with Gasteiger partial charge in [0.15, 0.2) is 0 Å². The number of hydrogen-bond donors (Lipinski definition) is 1. The van der Waals surface area contributed by atoms with Crippen LogP contribution in [-0.4, -0.2) is 57.9 Å². The smallest absolute Gasteiger partial charge is 0.271 e. The minimum absolute atomic E-state index is 0.0486. The molecule has 0 aliphatic carbocycles. The molecule has 0 spiro atoms. The SMILES string of the molecule is Cc1cc(C)nc(N2CCN([C@@H](C)C(=O)Nc3cccc([N+](=O)[O-])c3)CC2)n1. The van der Waals surface area contributed by atoms with Gasteiger partial charge in [0, 0.05) is 55.4 Å². The maximum atomic E-state index is 12.6. The van der Waals surface area contributed by atoms with Crippen LogP contribution in [0.4, 0.5) is 17.3 Å². The second-order valence-electron chi connectivity index (χ2n) is 6.95. The number of rotatable bonds is 5. The number of nitrogens with one attached hydrogen (secondary N) is 1. The molecule has 0 unspecified atom stereocenters. The number of carbonyl (C=O) groups is 1. The summed E-state index contributed by atoms with van der Waals surface area (Å²) in [6.45, 7) is 8.63. The zero-order valence-electron chi connectivity index (χ0n) is 16.3. The van der Waals surface area contributed by atoms with E-state index in [0.717, 1.165) is 30.4 Å². The number of aryl methyl sites for hydroxylation is 2. The Morgan fingerprint density at radius 3 is 2.39 bits per heavy atom. The number of carbonyl (C=O) groups excluding carboxylic acids is 1. The predicted molar refractivity (Wildman–Crippen MR) is 106 cm³/mol. The summed E-state index contributed by atoms with van der Waals surface area (Å²) in [4.78, 5) is 36.2. The summed E-state index contributed by atoms with van der Waals surface area (Å²) in [7, 11) is 0. The average Bonchev–Trinajstić information content (AvgIpc) is 2.67. The Morgan fingerprint density at radius 2 is 1.79 bits per heavy atom. The van der Waals surface area contributed by atoms with Crippen LogP contribution in [0.25, 0.3) is 0 Å². The monoisotopic (exact) mass is 384 g/mol. The molecule has 0 radical (unpaired) electrons. The summed E-state index contributed by atoms with van der Waals surface area (Å²) in [5.41, 5.74) is 2.25. The van der Waals surface area contributed by atoms with E-state index >= 15 is 0 Å². The van der Waals surface area contributed by atoms with Gasteiger partial charge < -0.3 is 10.2 Å². The van der Waals surface area contributed by atoms with E-state index in [4.69, 9.17) is 0 Å². The van der Waals surface area contributed by atoms with E-state index in [2.05, 4.69) is 25.1 Å². The van der Waals surface area contributed by atoms with Crippen LogP contribution in [-0.2, 0) is 4.79 Å². The first-order valence-corrected chi connectivity index (χ1v) is 9.20. The van der Waals surface area contributed by atoms with Crippen LogP contribution in [0.5, 0.6) is 0 Å². The molecule has 0 bridgehead atoms. The van der Waals surface area contributed by atoms with Crippen LogP contribution in [0.15, 0.2) is 30.3 Å². The Kier molecular flexibility index (Phi) is 5.84. The highest BCUT2D eigenvalue weighted by molar-refractivity contribution is 5.94. The van der Waals surface area contributed by atoms with Crippen molar-refractivity contribution in [3.8, 4) is 0 Å². The molecule has 1 saturated heterocycles. The zero-order chi connectivity index (χ0) is 20.3. The molecule has 0 saturated carbocycles. The summed E-state index contributed by atoms with van der Waals surface area (Å²) in [6.07, 6.45) is 0. The number of aromatic nitrogens is 2. The molecule has 28 heavy (non-hydrogen) atoms. The van der Waals surface area contributed by atoms with E-state index in [1.807, 2.05) is 26.8 Å². The molecule has 2 aromatic rings. The molecule has 1 amide bonds. The van der Waals surface area contributed by atoms with Gasteiger partial charge in [0.05, 0.1) is 11.0 Å². The molecular formula is C19H24N6O3. The summed E-state index contributed by atoms with van der Waals surface area (Å²) in [6, 6.07) is 7.56. The highest BCUT2D eigenvalue weighted by Gasteiger charge is 2.27. The minimum Gasteiger partial charge on any atom is -0.338 e. The van der Waals surface area contributed by atoms with Crippen molar-refractivity contribution in [2.45, 2.75) is 26.8 Å². The van der Waals surface area contributed by atoms with E-state index in [-0.39, 0.29) is 17.6 Å². The maximum absolute atomic E-state index is 12.6. The molecule has 3 rings (SSSR count). The fourth-order valence-corrected chi connectivity index (χ4v) is 3.27. The Hall–Kier alpha value is -3.07. The molecule has 1 aliphatic rings. The molecule has 1 atom stereocenters. The normalized spacial score (nSPS) is 15.9. The lowest BCUT2D eigenvalue weighted by Gasteiger charge is -2.37. The van der Waals surface area contributed by atoms with Crippen molar-refractivity contribution in [2.24, 2.45) is 0 Å². The molecule has 1 aliphatic heterocycles.